The molecule has 1 saturated carbocycles. The first-order valence-corrected chi connectivity index (χ1v) is 10.9. The van der Waals surface area contributed by atoms with Crippen LogP contribution in [0.5, 0.6) is 0 Å². The van der Waals surface area contributed by atoms with Gasteiger partial charge in [-0.15, -0.1) is 10.2 Å². The van der Waals surface area contributed by atoms with E-state index in [-0.39, 0.29) is 30.8 Å². The Bertz CT molecular complexity index is 1060. The van der Waals surface area contributed by atoms with Crippen LogP contribution < -0.4 is 5.32 Å². The summed E-state index contributed by atoms with van der Waals surface area (Å²) < 4.78 is 10.7. The van der Waals surface area contributed by atoms with Crippen molar-refractivity contribution >= 4 is 11.9 Å². The normalized spacial score (nSPS) is 14.4. The number of nitrogens with one attached hydrogen (secondary N) is 1. The Hall–Kier alpha value is -3.48. The van der Waals surface area contributed by atoms with Gasteiger partial charge in [-0.05, 0) is 37.5 Å². The van der Waals surface area contributed by atoms with Gasteiger partial charge in [-0.25, -0.2) is 0 Å². The van der Waals surface area contributed by atoms with Crippen molar-refractivity contribution in [1.82, 2.24) is 15.5 Å². The van der Waals surface area contributed by atoms with Crippen molar-refractivity contribution in [2.75, 3.05) is 13.2 Å². The van der Waals surface area contributed by atoms with Crippen LogP contribution in [0.1, 0.15) is 42.7 Å². The van der Waals surface area contributed by atoms with Crippen LogP contribution in [0.3, 0.4) is 0 Å². The molecule has 7 nitrogen and oxygen atoms in total. The fourth-order valence-corrected chi connectivity index (χ4v) is 3.88. The molecule has 1 heterocycles. The predicted molar refractivity (Wildman–Crippen MR) is 119 cm³/mol. The molecule has 166 valence electrons. The van der Waals surface area contributed by atoms with Gasteiger partial charge in [0.25, 0.3) is 5.91 Å². The minimum atomic E-state index is -0.475. The van der Waals surface area contributed by atoms with Crippen molar-refractivity contribution < 1.29 is 18.7 Å². The number of hydrogen-bond donors (Lipinski definition) is 1. The average Bonchev–Trinajstić information content (AvgIpc) is 3.26. The molecule has 1 N–H and O–H groups in total. The van der Waals surface area contributed by atoms with E-state index in [1.807, 2.05) is 49.4 Å². The van der Waals surface area contributed by atoms with E-state index in [0.717, 1.165) is 30.4 Å². The van der Waals surface area contributed by atoms with Crippen molar-refractivity contribution in [3.63, 3.8) is 0 Å². The number of benzene rings is 2. The number of carbonyl (C=O) groups is 2. The summed E-state index contributed by atoms with van der Waals surface area (Å²) in [6, 6.07) is 18.0. The molecule has 0 radical (unpaired) electrons. The molecule has 1 aromatic heterocycles. The topological polar surface area (TPSA) is 94.3 Å². The molecule has 4 rings (SSSR count). The smallest absolute Gasteiger partial charge is 0.306 e. The Labute approximate surface area is 187 Å². The summed E-state index contributed by atoms with van der Waals surface area (Å²) in [6.07, 6.45) is 3.58. The number of hydrogen-bond acceptors (Lipinski definition) is 6. The van der Waals surface area contributed by atoms with Gasteiger partial charge < -0.3 is 14.5 Å². The molecule has 7 heteroatoms. The molecular formula is C25H27N3O4. The van der Waals surface area contributed by atoms with E-state index in [0.29, 0.717) is 18.3 Å². The Morgan fingerprint density at radius 3 is 2.50 bits per heavy atom. The second-order valence-electron chi connectivity index (χ2n) is 8.30. The molecule has 2 aromatic carbocycles. The maximum atomic E-state index is 12.2. The van der Waals surface area contributed by atoms with Crippen molar-refractivity contribution in [3.8, 4) is 11.5 Å². The van der Waals surface area contributed by atoms with Crippen LogP contribution in [0.4, 0.5) is 0 Å². The van der Waals surface area contributed by atoms with E-state index in [9.17, 15) is 9.59 Å². The van der Waals surface area contributed by atoms with E-state index in [1.54, 1.807) is 0 Å². The predicted octanol–water partition coefficient (Wildman–Crippen LogP) is 3.76. The Morgan fingerprint density at radius 2 is 1.81 bits per heavy atom. The van der Waals surface area contributed by atoms with E-state index in [4.69, 9.17) is 9.15 Å². The lowest BCUT2D eigenvalue weighted by atomic mass is 9.64. The number of amides is 1. The van der Waals surface area contributed by atoms with Gasteiger partial charge in [0.2, 0.25) is 11.8 Å². The van der Waals surface area contributed by atoms with E-state index in [2.05, 4.69) is 27.6 Å². The molecule has 1 amide bonds. The van der Waals surface area contributed by atoms with Gasteiger partial charge in [0.15, 0.2) is 6.61 Å². The highest BCUT2D eigenvalue weighted by molar-refractivity contribution is 5.80. The number of rotatable bonds is 9. The fourth-order valence-electron chi connectivity index (χ4n) is 3.88. The third-order valence-corrected chi connectivity index (χ3v) is 5.99. The van der Waals surface area contributed by atoms with Crippen LogP contribution in [-0.4, -0.2) is 35.2 Å². The minimum absolute atomic E-state index is 0.00591. The summed E-state index contributed by atoms with van der Waals surface area (Å²) in [5.74, 6) is 0.00417. The maximum Gasteiger partial charge on any atom is 0.306 e. The van der Waals surface area contributed by atoms with Gasteiger partial charge >= 0.3 is 5.97 Å². The third-order valence-electron chi connectivity index (χ3n) is 5.99. The molecule has 0 spiro atoms. The Balaban J connectivity index is 1.19. The number of ether oxygens (including phenoxy) is 1. The molecule has 0 unspecified atom stereocenters. The summed E-state index contributed by atoms with van der Waals surface area (Å²) in [5.41, 5.74) is 3.21. The quantitative estimate of drug-likeness (QED) is 0.517. The first-order valence-electron chi connectivity index (χ1n) is 10.9. The van der Waals surface area contributed by atoms with Crippen LogP contribution in [0, 0.1) is 6.92 Å². The van der Waals surface area contributed by atoms with E-state index < -0.39 is 5.97 Å². The fraction of sp³-hybridized carbons (Fsp3) is 0.360. The molecule has 32 heavy (non-hydrogen) atoms. The van der Waals surface area contributed by atoms with Crippen molar-refractivity contribution in [2.24, 2.45) is 0 Å². The lowest BCUT2D eigenvalue weighted by molar-refractivity contribution is -0.148. The third kappa shape index (κ3) is 5.22. The summed E-state index contributed by atoms with van der Waals surface area (Å²) >= 11 is 0. The number of aromatic nitrogens is 2. The van der Waals surface area contributed by atoms with E-state index >= 15 is 0 Å². The summed E-state index contributed by atoms with van der Waals surface area (Å²) in [4.78, 5) is 24.2. The molecule has 3 aromatic rings. The van der Waals surface area contributed by atoms with Gasteiger partial charge in [0.1, 0.15) is 0 Å². The highest BCUT2D eigenvalue weighted by Crippen LogP contribution is 2.43. The van der Waals surface area contributed by atoms with Crippen LogP contribution in [-0.2, 0) is 26.2 Å². The molecule has 0 saturated heterocycles. The van der Waals surface area contributed by atoms with Crippen LogP contribution in [0.15, 0.2) is 59.0 Å². The molecule has 1 aliphatic carbocycles. The minimum Gasteiger partial charge on any atom is -0.456 e. The molecule has 1 fully saturated rings. The molecule has 0 aliphatic heterocycles. The molecule has 0 atom stereocenters. The Morgan fingerprint density at radius 1 is 1.06 bits per heavy atom. The number of esters is 1. The van der Waals surface area contributed by atoms with Gasteiger partial charge in [0.05, 0.1) is 6.42 Å². The summed E-state index contributed by atoms with van der Waals surface area (Å²) in [5, 5.41) is 10.9. The van der Waals surface area contributed by atoms with Gasteiger partial charge in [-0.3, -0.25) is 9.59 Å². The number of aryl methyl sites for hydroxylation is 2. The van der Waals surface area contributed by atoms with Crippen molar-refractivity contribution in [2.45, 2.75) is 44.4 Å². The molecular weight excluding hydrogens is 406 g/mol. The van der Waals surface area contributed by atoms with Gasteiger partial charge in [0, 0.05) is 23.9 Å². The average molecular weight is 434 g/mol. The zero-order valence-electron chi connectivity index (χ0n) is 18.2. The molecule has 0 bridgehead atoms. The SMILES string of the molecule is Cc1ccc(-c2nnc(CCC(=O)OCC(=O)NCC3(c4ccccc4)CCC3)o2)cc1. The van der Waals surface area contributed by atoms with Gasteiger partial charge in [-0.2, -0.15) is 0 Å². The highest BCUT2D eigenvalue weighted by Gasteiger charge is 2.38. The zero-order valence-corrected chi connectivity index (χ0v) is 18.2. The van der Waals surface area contributed by atoms with Crippen LogP contribution in [0.25, 0.3) is 11.5 Å². The monoisotopic (exact) mass is 433 g/mol. The number of nitrogens with zero attached hydrogens (tertiary/aromatic N) is 2. The van der Waals surface area contributed by atoms with Crippen LogP contribution >= 0.6 is 0 Å². The van der Waals surface area contributed by atoms with Crippen molar-refractivity contribution in [3.05, 3.63) is 71.6 Å². The zero-order chi connectivity index (χ0) is 22.4. The lowest BCUT2D eigenvalue weighted by Gasteiger charge is -2.42. The van der Waals surface area contributed by atoms with Gasteiger partial charge in [-0.1, -0.05) is 54.4 Å². The maximum absolute atomic E-state index is 12.2. The second kappa shape index (κ2) is 9.77. The van der Waals surface area contributed by atoms with Crippen molar-refractivity contribution in [1.29, 1.82) is 0 Å². The second-order valence-corrected chi connectivity index (χ2v) is 8.30. The highest BCUT2D eigenvalue weighted by atomic mass is 16.5. The Kier molecular flexibility index (Phi) is 6.63. The molecule has 1 aliphatic rings. The number of carbonyl (C=O) groups excluding carboxylic acids is 2. The summed E-state index contributed by atoms with van der Waals surface area (Å²) in [6.45, 7) is 2.27. The summed E-state index contributed by atoms with van der Waals surface area (Å²) in [7, 11) is 0. The largest absolute Gasteiger partial charge is 0.456 e. The standard InChI is InChI=1S/C25H27N3O4/c1-18-8-10-19(11-9-18)24-28-27-22(32-24)12-13-23(30)31-16-21(29)26-17-25(14-5-15-25)20-6-3-2-4-7-20/h2-4,6-11H,5,12-17H2,1H3,(H,26,29). The lowest BCUT2D eigenvalue weighted by Crippen LogP contribution is -2.46. The first-order chi connectivity index (χ1) is 15.5. The first kappa shape index (κ1) is 21.7. The van der Waals surface area contributed by atoms with E-state index in [1.165, 1.54) is 5.56 Å². The van der Waals surface area contributed by atoms with Crippen LogP contribution in [0.2, 0.25) is 0 Å².